The second-order valence-electron chi connectivity index (χ2n) is 22.1. The fourth-order valence-corrected chi connectivity index (χ4v) is 37.7. The van der Waals surface area contributed by atoms with Gasteiger partial charge in [0.15, 0.2) is 61.4 Å². The number of ether oxygens (including phenoxy) is 3. The van der Waals surface area contributed by atoms with Gasteiger partial charge < -0.3 is 57.5 Å². The molecule has 1 aromatic rings. The van der Waals surface area contributed by atoms with Gasteiger partial charge in [0.2, 0.25) is 0 Å². The minimum absolute atomic E-state index is 0.0563. The first-order valence-electron chi connectivity index (χ1n) is 22.7. The van der Waals surface area contributed by atoms with E-state index in [2.05, 4.69) is 123 Å². The predicted octanol–water partition coefficient (Wildman–Crippen LogP) is 11.2. The molecule has 26 heteroatoms. The number of carbonyl (C=O) groups excluding carboxylic acids is 1. The molecule has 0 heterocycles. The Morgan fingerprint density at radius 3 is 1.15 bits per heavy atom. The van der Waals surface area contributed by atoms with Crippen LogP contribution in [0.2, 0.25) is 136 Å². The summed E-state index contributed by atoms with van der Waals surface area (Å²) in [5.41, 5.74) is -0.0241. The van der Waals surface area contributed by atoms with Crippen LogP contribution in [0.15, 0.2) is 12.1 Å². The van der Waals surface area contributed by atoms with Gasteiger partial charge in [-0.3, -0.25) is 10.1 Å². The minimum atomic E-state index is -3.17. The van der Waals surface area contributed by atoms with Gasteiger partial charge in [-0.1, -0.05) is 0 Å². The van der Waals surface area contributed by atoms with E-state index in [4.69, 9.17) is 52.2 Å². The third kappa shape index (κ3) is 25.5. The number of nitro groups is 1. The van der Waals surface area contributed by atoms with Gasteiger partial charge in [0.1, 0.15) is 0 Å². The number of hydrogen-bond acceptors (Lipinski definition) is 15. The van der Waals surface area contributed by atoms with Crippen molar-refractivity contribution in [1.29, 1.82) is 0 Å². The molecular weight excluding hydrogens is 989 g/mol. The number of benzene rings is 1. The number of nitro benzene ring substituents is 1. The first-order valence-corrected chi connectivity index (χ1v) is 48.9. The van der Waals surface area contributed by atoms with Crippen molar-refractivity contribution in [3.8, 4) is 11.5 Å². The normalized spacial score (nSPS) is 14.3. The zero-order valence-electron chi connectivity index (χ0n) is 44.2. The van der Waals surface area contributed by atoms with Crippen LogP contribution in [0, 0.1) is 10.1 Å². The molecule has 0 radical (unpaired) electrons. The van der Waals surface area contributed by atoms with Crippen LogP contribution in [0.5, 0.6) is 11.5 Å². The van der Waals surface area contributed by atoms with Crippen molar-refractivity contribution in [2.45, 2.75) is 168 Å². The fourth-order valence-electron chi connectivity index (χ4n) is 6.77. The van der Waals surface area contributed by atoms with E-state index in [1.165, 1.54) is 27.4 Å². The van der Waals surface area contributed by atoms with Gasteiger partial charge in [-0.2, -0.15) is 0 Å². The summed E-state index contributed by atoms with van der Waals surface area (Å²) in [7, 11) is -17.4. The van der Waals surface area contributed by atoms with Crippen LogP contribution in [0.3, 0.4) is 0 Å². The van der Waals surface area contributed by atoms with Crippen molar-refractivity contribution in [2.75, 3.05) is 41.2 Å². The highest BCUT2D eigenvalue weighted by Crippen LogP contribution is 2.39. The number of amides is 1. The van der Waals surface area contributed by atoms with Gasteiger partial charge in [-0.15, -0.1) is 0 Å². The molecule has 1 N–H and O–H groups in total. The molecule has 0 aliphatic carbocycles. The summed E-state index contributed by atoms with van der Waals surface area (Å²) in [6.45, 7) is 40.7. The molecule has 0 aliphatic rings. The third-order valence-corrected chi connectivity index (χ3v) is 35.3. The van der Waals surface area contributed by atoms with Crippen LogP contribution in [0.25, 0.3) is 0 Å². The fraction of sp³-hybridized carbons (Fsp3) is 0.821. The Morgan fingerprint density at radius 2 is 0.846 bits per heavy atom. The zero-order chi connectivity index (χ0) is 50.5. The Morgan fingerprint density at radius 1 is 0.538 bits per heavy atom. The molecule has 0 saturated heterocycles. The average molecular weight is 1080 g/mol. The molecule has 1 rings (SSSR count). The summed E-state index contributed by atoms with van der Waals surface area (Å²) >= 11 is 0. The quantitative estimate of drug-likeness (QED) is 0.0311. The Bertz CT molecular complexity index is 1550. The lowest BCUT2D eigenvalue weighted by Crippen LogP contribution is -2.60. The largest absolute Gasteiger partial charge is 0.500 e. The molecule has 0 spiro atoms. The van der Waals surface area contributed by atoms with E-state index in [9.17, 15) is 14.9 Å². The lowest BCUT2D eigenvalue weighted by atomic mass is 10.1. The van der Waals surface area contributed by atoms with E-state index < -0.39 is 93.4 Å². The Kier molecular flexibility index (Phi) is 24.1. The van der Waals surface area contributed by atoms with Crippen molar-refractivity contribution in [2.24, 2.45) is 0 Å². The molecule has 1 amide bonds. The number of carbonyl (C=O) groups is 1. The van der Waals surface area contributed by atoms with Gasteiger partial charge in [0.25, 0.3) is 5.69 Å². The first kappa shape index (κ1) is 62.1. The minimum Gasteiger partial charge on any atom is -0.490 e. The first-order chi connectivity index (χ1) is 29.3. The highest BCUT2D eigenvalue weighted by atomic mass is 28.5. The van der Waals surface area contributed by atoms with E-state index in [-0.39, 0.29) is 36.8 Å². The maximum Gasteiger partial charge on any atom is 0.500 e. The summed E-state index contributed by atoms with van der Waals surface area (Å²) in [5.74, 6) is 0.494. The molecule has 0 aliphatic heterocycles. The Labute approximate surface area is 401 Å². The highest BCUT2D eigenvalue weighted by Gasteiger charge is 2.51. The lowest BCUT2D eigenvalue weighted by Gasteiger charge is -2.43. The summed E-state index contributed by atoms with van der Waals surface area (Å²) in [6.07, 6.45) is 0.727. The van der Waals surface area contributed by atoms with Crippen LogP contribution in [0.1, 0.15) is 37.8 Å². The summed E-state index contributed by atoms with van der Waals surface area (Å²) in [6, 6.07) is 3.59. The van der Waals surface area contributed by atoms with Gasteiger partial charge in [-0.05, 0) is 150 Å². The second kappa shape index (κ2) is 25.3. The molecule has 0 fully saturated rings. The standard InChI is InChI=1S/C39H88N2O15Si9/c1-34(40-39(42)50-28-25-29-63(45-2,46-3)47-4)35-32-37(48-26-23-30-64(51-57(5,6)7,52-58(8,9)10)53-59(11,12)13)38(33-36(35)41(43)44)49-27-24-31-65(54-60(14,15)16,55-61(17,18)19)56-62(20,21)22/h32-34H,23-31H2,1-22H3,(H,40,42). The molecule has 1 unspecified atom stereocenters. The molecule has 17 nitrogen and oxygen atoms in total. The van der Waals surface area contributed by atoms with Crippen molar-refractivity contribution < 1.29 is 61.9 Å². The second-order valence-corrected chi connectivity index (χ2v) is 59.1. The SMILES string of the molecule is CO[Si](CCCOC(=O)NC(C)c1cc(OCCC[Si](O[Si](C)(C)C)(O[Si](C)(C)C)O[Si](C)(C)C)c(OCCC[Si](O[Si](C)(C)C)(O[Si](C)(C)C)O[Si](C)(C)C)cc1[N+](=O)[O-])(OC)OC. The van der Waals surface area contributed by atoms with Gasteiger partial charge in [-0.25, -0.2) is 4.79 Å². The molecular formula is C39H88N2O15Si9. The van der Waals surface area contributed by atoms with Crippen molar-refractivity contribution in [3.05, 3.63) is 27.8 Å². The van der Waals surface area contributed by atoms with Crippen LogP contribution in [-0.4, -0.2) is 128 Å². The summed E-state index contributed by atoms with van der Waals surface area (Å²) < 4.78 is 76.1. The molecule has 65 heavy (non-hydrogen) atoms. The monoisotopic (exact) mass is 1080 g/mol. The Balaban J connectivity index is 3.65. The van der Waals surface area contributed by atoms with E-state index in [1.807, 2.05) is 0 Å². The topological polar surface area (TPSA) is 183 Å². The molecule has 0 aromatic heterocycles. The number of hydrogen-bond donors (Lipinski definition) is 1. The van der Waals surface area contributed by atoms with E-state index in [0.717, 1.165) is 0 Å². The van der Waals surface area contributed by atoms with Crippen LogP contribution in [-0.2, 0) is 42.7 Å². The number of alkyl carbamates (subject to hydrolysis) is 1. The van der Waals surface area contributed by atoms with Crippen molar-refractivity contribution in [3.63, 3.8) is 0 Å². The lowest BCUT2D eigenvalue weighted by molar-refractivity contribution is -0.385. The molecule has 380 valence electrons. The average Bonchev–Trinajstić information content (AvgIpc) is 3.07. The smallest absolute Gasteiger partial charge is 0.490 e. The molecule has 0 bridgehead atoms. The summed E-state index contributed by atoms with van der Waals surface area (Å²) in [4.78, 5) is 25.3. The predicted molar refractivity (Wildman–Crippen MR) is 280 cm³/mol. The van der Waals surface area contributed by atoms with Crippen LogP contribution in [0.4, 0.5) is 10.5 Å². The van der Waals surface area contributed by atoms with Crippen molar-refractivity contribution >= 4 is 88.1 Å². The number of rotatable bonds is 32. The van der Waals surface area contributed by atoms with Gasteiger partial charge in [0, 0.05) is 39.5 Å². The highest BCUT2D eigenvalue weighted by molar-refractivity contribution is 6.91. The molecule has 0 saturated carbocycles. The summed E-state index contributed by atoms with van der Waals surface area (Å²) in [5, 5.41) is 15.5. The third-order valence-electron chi connectivity index (χ3n) is 8.42. The maximum atomic E-state index is 13.0. The van der Waals surface area contributed by atoms with E-state index in [0.29, 0.717) is 43.1 Å². The van der Waals surface area contributed by atoms with Gasteiger partial charge >= 0.3 is 32.5 Å². The van der Waals surface area contributed by atoms with Crippen molar-refractivity contribution in [1.82, 2.24) is 5.32 Å². The Hall–Kier alpha value is -0.918. The van der Waals surface area contributed by atoms with E-state index in [1.54, 1.807) is 13.0 Å². The molecule has 1 aromatic carbocycles. The van der Waals surface area contributed by atoms with E-state index >= 15 is 0 Å². The molecule has 1 atom stereocenters. The zero-order valence-corrected chi connectivity index (χ0v) is 53.2. The van der Waals surface area contributed by atoms with Crippen LogP contribution < -0.4 is 14.8 Å². The maximum absolute atomic E-state index is 13.0. The van der Waals surface area contributed by atoms with Crippen LogP contribution >= 0.6 is 0 Å². The number of nitrogens with zero attached hydrogens (tertiary/aromatic N) is 1. The van der Waals surface area contributed by atoms with Gasteiger partial charge in [0.05, 0.1) is 42.4 Å². The number of nitrogens with one attached hydrogen (secondary N) is 1.